The highest BCUT2D eigenvalue weighted by atomic mass is 35.5. The monoisotopic (exact) mass is 495 g/mol. The largest absolute Gasteiger partial charge is 0.507 e. The van der Waals surface area contributed by atoms with Gasteiger partial charge in [-0.25, -0.2) is 13.2 Å². The second-order valence-electron chi connectivity index (χ2n) is 6.85. The quantitative estimate of drug-likeness (QED) is 0.398. The van der Waals surface area contributed by atoms with Gasteiger partial charge in [0.2, 0.25) is 0 Å². The number of thiophene rings is 1. The van der Waals surface area contributed by atoms with Gasteiger partial charge >= 0.3 is 5.97 Å². The fraction of sp³-hybridized carbons (Fsp3) is 0.227. The van der Waals surface area contributed by atoms with E-state index in [1.807, 2.05) is 37.3 Å². The number of phenolic OH excluding ortho intramolecular Hbond substituents is 1. The molecule has 170 valence electrons. The number of aromatic hydroxyl groups is 1. The SMILES string of the molecule is CCC(COC)OC(=O)c1ccc(NS(=O)(=O)c2cc(-c3ccccc3)c(Cl)s2)cc1O. The van der Waals surface area contributed by atoms with Gasteiger partial charge in [0.15, 0.2) is 0 Å². The van der Waals surface area contributed by atoms with Gasteiger partial charge in [-0.1, -0.05) is 48.9 Å². The smallest absolute Gasteiger partial charge is 0.342 e. The van der Waals surface area contributed by atoms with Crippen molar-refractivity contribution >= 4 is 44.6 Å². The minimum Gasteiger partial charge on any atom is -0.507 e. The molecule has 0 saturated heterocycles. The molecule has 0 fully saturated rings. The van der Waals surface area contributed by atoms with E-state index in [1.54, 1.807) is 0 Å². The van der Waals surface area contributed by atoms with E-state index in [0.29, 0.717) is 16.3 Å². The van der Waals surface area contributed by atoms with Crippen LogP contribution in [0.15, 0.2) is 58.8 Å². The number of carbonyl (C=O) groups is 1. The predicted molar refractivity (Wildman–Crippen MR) is 125 cm³/mol. The van der Waals surface area contributed by atoms with Gasteiger partial charge in [-0.15, -0.1) is 11.3 Å². The Kier molecular flexibility index (Phi) is 7.78. The molecule has 32 heavy (non-hydrogen) atoms. The first kappa shape index (κ1) is 24.1. The number of sulfonamides is 1. The van der Waals surface area contributed by atoms with E-state index in [1.165, 1.54) is 25.3 Å². The average Bonchev–Trinajstić information content (AvgIpc) is 3.16. The number of halogens is 1. The number of carbonyl (C=O) groups excluding carboxylic acids is 1. The second kappa shape index (κ2) is 10.4. The molecular formula is C22H22ClNO6S2. The molecule has 0 radical (unpaired) electrons. The van der Waals surface area contributed by atoms with Crippen molar-refractivity contribution in [3.05, 3.63) is 64.5 Å². The molecule has 1 atom stereocenters. The summed E-state index contributed by atoms with van der Waals surface area (Å²) in [6.45, 7) is 2.07. The van der Waals surface area contributed by atoms with Crippen molar-refractivity contribution in [3.63, 3.8) is 0 Å². The van der Waals surface area contributed by atoms with E-state index >= 15 is 0 Å². The fourth-order valence-corrected chi connectivity index (χ4v) is 5.72. The molecule has 10 heteroatoms. The first-order chi connectivity index (χ1) is 15.2. The van der Waals surface area contributed by atoms with Crippen LogP contribution in [0, 0.1) is 0 Å². The lowest BCUT2D eigenvalue weighted by molar-refractivity contribution is 0.00451. The zero-order valence-electron chi connectivity index (χ0n) is 17.4. The fourth-order valence-electron chi connectivity index (χ4n) is 2.90. The molecular weight excluding hydrogens is 474 g/mol. The molecule has 0 spiro atoms. The van der Waals surface area contributed by atoms with Crippen molar-refractivity contribution in [2.24, 2.45) is 0 Å². The molecule has 3 rings (SSSR count). The summed E-state index contributed by atoms with van der Waals surface area (Å²) in [5.74, 6) is -1.13. The summed E-state index contributed by atoms with van der Waals surface area (Å²) in [4.78, 5) is 12.3. The molecule has 2 N–H and O–H groups in total. The number of phenols is 1. The Morgan fingerprint density at radius 3 is 2.53 bits per heavy atom. The van der Waals surface area contributed by atoms with Gasteiger partial charge in [0.05, 0.1) is 12.3 Å². The zero-order valence-corrected chi connectivity index (χ0v) is 19.8. The molecule has 7 nitrogen and oxygen atoms in total. The first-order valence-corrected chi connectivity index (χ1v) is 12.3. The van der Waals surface area contributed by atoms with Crippen molar-refractivity contribution in [2.45, 2.75) is 23.7 Å². The summed E-state index contributed by atoms with van der Waals surface area (Å²) in [7, 11) is -2.46. The number of hydrogen-bond acceptors (Lipinski definition) is 7. The molecule has 0 aliphatic heterocycles. The van der Waals surface area contributed by atoms with Gasteiger partial charge in [0.1, 0.15) is 26.0 Å². The molecule has 2 aromatic carbocycles. The molecule has 0 aliphatic rings. The van der Waals surface area contributed by atoms with Crippen LogP contribution in [-0.2, 0) is 19.5 Å². The van der Waals surface area contributed by atoms with Gasteiger partial charge in [0.25, 0.3) is 10.0 Å². The van der Waals surface area contributed by atoms with Crippen LogP contribution in [0.2, 0.25) is 4.34 Å². The average molecular weight is 496 g/mol. The van der Waals surface area contributed by atoms with E-state index in [9.17, 15) is 18.3 Å². The molecule has 0 saturated carbocycles. The Labute approximate surface area is 195 Å². The van der Waals surface area contributed by atoms with Crippen LogP contribution < -0.4 is 4.72 Å². The van der Waals surface area contributed by atoms with Gasteiger partial charge in [0, 0.05) is 18.7 Å². The van der Waals surface area contributed by atoms with Crippen molar-refractivity contribution in [1.29, 1.82) is 0 Å². The van der Waals surface area contributed by atoms with E-state index in [-0.39, 0.29) is 22.1 Å². The minimum absolute atomic E-state index is 0.0229. The normalized spacial score (nSPS) is 12.3. The van der Waals surface area contributed by atoms with E-state index in [4.69, 9.17) is 21.1 Å². The molecule has 0 bridgehead atoms. The number of methoxy groups -OCH3 is 1. The maximum atomic E-state index is 12.8. The summed E-state index contributed by atoms with van der Waals surface area (Å²) in [5.41, 5.74) is 1.43. The number of nitrogens with one attached hydrogen (secondary N) is 1. The number of benzene rings is 2. The number of ether oxygens (including phenoxy) is 2. The van der Waals surface area contributed by atoms with Crippen LogP contribution in [0.1, 0.15) is 23.7 Å². The van der Waals surface area contributed by atoms with E-state index in [2.05, 4.69) is 4.72 Å². The van der Waals surface area contributed by atoms with Gasteiger partial charge in [-0.3, -0.25) is 4.72 Å². The highest BCUT2D eigenvalue weighted by Gasteiger charge is 2.22. The third-order valence-electron chi connectivity index (χ3n) is 4.57. The zero-order chi connectivity index (χ0) is 23.3. The summed E-state index contributed by atoms with van der Waals surface area (Å²) >= 11 is 7.20. The molecule has 1 aromatic heterocycles. The minimum atomic E-state index is -3.96. The van der Waals surface area contributed by atoms with Crippen LogP contribution in [-0.4, -0.2) is 39.3 Å². The van der Waals surface area contributed by atoms with E-state index < -0.39 is 27.8 Å². The second-order valence-corrected chi connectivity index (χ2v) is 10.4. The van der Waals surface area contributed by atoms with Crippen LogP contribution in [0.5, 0.6) is 5.75 Å². The Morgan fingerprint density at radius 1 is 1.19 bits per heavy atom. The van der Waals surface area contributed by atoms with E-state index in [0.717, 1.165) is 23.0 Å². The summed E-state index contributed by atoms with van der Waals surface area (Å²) in [6, 6.07) is 14.5. The standard InChI is InChI=1S/C22H22ClNO6S2/c1-3-16(13-29-2)30-22(26)17-10-9-15(11-19(17)25)24-32(27,28)20-12-18(21(23)31-20)14-7-5-4-6-8-14/h4-12,16,24-25H,3,13H2,1-2H3. The summed E-state index contributed by atoms with van der Waals surface area (Å²) in [6.07, 6.45) is 0.0968. The molecule has 1 heterocycles. The lowest BCUT2D eigenvalue weighted by Gasteiger charge is -2.16. The maximum absolute atomic E-state index is 12.8. The first-order valence-electron chi connectivity index (χ1n) is 9.65. The Balaban J connectivity index is 1.79. The molecule has 1 unspecified atom stereocenters. The number of anilines is 1. The van der Waals surface area contributed by atoms with Gasteiger partial charge in [-0.2, -0.15) is 0 Å². The Morgan fingerprint density at radius 2 is 1.91 bits per heavy atom. The van der Waals surface area contributed by atoms with Crippen LogP contribution in [0.4, 0.5) is 5.69 Å². The molecule has 0 aliphatic carbocycles. The Bertz CT molecular complexity index is 1190. The lowest BCUT2D eigenvalue weighted by atomic mass is 10.1. The predicted octanol–water partition coefficient (Wildman–Crippen LogP) is 5.16. The topological polar surface area (TPSA) is 102 Å². The lowest BCUT2D eigenvalue weighted by Crippen LogP contribution is -2.22. The Hall–Kier alpha value is -2.59. The van der Waals surface area contributed by atoms with Crippen LogP contribution in [0.25, 0.3) is 11.1 Å². The summed E-state index contributed by atoms with van der Waals surface area (Å²) < 4.78 is 38.7. The van der Waals surface area contributed by atoms with Crippen molar-refractivity contribution in [2.75, 3.05) is 18.4 Å². The number of hydrogen-bond donors (Lipinski definition) is 2. The van der Waals surface area contributed by atoms with Crippen molar-refractivity contribution in [3.8, 4) is 16.9 Å². The number of esters is 1. The van der Waals surface area contributed by atoms with Gasteiger partial charge < -0.3 is 14.6 Å². The molecule has 3 aromatic rings. The third-order valence-corrected chi connectivity index (χ3v) is 7.78. The summed E-state index contributed by atoms with van der Waals surface area (Å²) in [5, 5.41) is 10.3. The highest BCUT2D eigenvalue weighted by Crippen LogP contribution is 2.38. The molecule has 0 amide bonds. The highest BCUT2D eigenvalue weighted by molar-refractivity contribution is 7.94. The van der Waals surface area contributed by atoms with Crippen LogP contribution >= 0.6 is 22.9 Å². The van der Waals surface area contributed by atoms with Crippen molar-refractivity contribution < 1.29 is 27.8 Å². The third kappa shape index (κ3) is 5.60. The van der Waals surface area contributed by atoms with Gasteiger partial charge in [-0.05, 0) is 30.2 Å². The maximum Gasteiger partial charge on any atom is 0.342 e. The number of rotatable bonds is 9. The van der Waals surface area contributed by atoms with Crippen LogP contribution in [0.3, 0.4) is 0 Å². The van der Waals surface area contributed by atoms with Crippen molar-refractivity contribution in [1.82, 2.24) is 0 Å².